The first-order chi connectivity index (χ1) is 11.1. The average molecular weight is 313 g/mol. The minimum Gasteiger partial charge on any atom is -0.355 e. The zero-order chi connectivity index (χ0) is 16.4. The molecule has 1 aromatic carbocycles. The molecule has 2 aromatic rings. The zero-order valence-corrected chi connectivity index (χ0v) is 13.5. The molecular weight excluding hydrogens is 293 g/mol. The number of carbonyl (C=O) groups is 1. The van der Waals surface area contributed by atoms with Crippen LogP contribution in [0.15, 0.2) is 24.3 Å². The van der Waals surface area contributed by atoms with Crippen LogP contribution in [0.5, 0.6) is 0 Å². The molecule has 1 aliphatic rings. The van der Waals surface area contributed by atoms with E-state index in [1.165, 1.54) is 12.1 Å². The Morgan fingerprint density at radius 3 is 2.61 bits per heavy atom. The molecule has 1 aromatic heterocycles. The molecule has 1 aliphatic heterocycles. The lowest BCUT2D eigenvalue weighted by Gasteiger charge is -2.29. The molecule has 4 nitrogen and oxygen atoms in total. The van der Waals surface area contributed by atoms with Crippen LogP contribution in [-0.2, 0) is 11.2 Å². The molecule has 0 unspecified atom stereocenters. The summed E-state index contributed by atoms with van der Waals surface area (Å²) < 4.78 is 13.5. The number of carbonyl (C=O) groups excluding carboxylic acids is 1. The van der Waals surface area contributed by atoms with Crippen LogP contribution in [0.4, 0.5) is 10.2 Å². The summed E-state index contributed by atoms with van der Waals surface area (Å²) in [5.74, 6) is 1.42. The van der Waals surface area contributed by atoms with Crippen LogP contribution in [0.1, 0.15) is 31.0 Å². The largest absolute Gasteiger partial charge is 0.355 e. The van der Waals surface area contributed by atoms with Crippen molar-refractivity contribution in [1.82, 2.24) is 9.97 Å². The van der Waals surface area contributed by atoms with Crippen molar-refractivity contribution in [3.8, 4) is 11.4 Å². The van der Waals surface area contributed by atoms with Crippen LogP contribution >= 0.6 is 0 Å². The highest BCUT2D eigenvalue weighted by atomic mass is 19.1. The fourth-order valence-corrected chi connectivity index (χ4v) is 2.98. The van der Waals surface area contributed by atoms with Gasteiger partial charge in [-0.1, -0.05) is 19.1 Å². The number of benzene rings is 1. The number of nitrogens with zero attached hydrogens (tertiary/aromatic N) is 3. The summed E-state index contributed by atoms with van der Waals surface area (Å²) in [6.45, 7) is 5.41. The van der Waals surface area contributed by atoms with Gasteiger partial charge in [0.05, 0.1) is 0 Å². The van der Waals surface area contributed by atoms with Crippen LogP contribution < -0.4 is 4.90 Å². The number of rotatable bonds is 3. The van der Waals surface area contributed by atoms with Gasteiger partial charge in [0.2, 0.25) is 0 Å². The van der Waals surface area contributed by atoms with E-state index in [9.17, 15) is 9.18 Å². The van der Waals surface area contributed by atoms with E-state index >= 15 is 0 Å². The van der Waals surface area contributed by atoms with E-state index in [0.717, 1.165) is 23.5 Å². The molecule has 0 spiro atoms. The molecule has 120 valence electrons. The predicted molar refractivity (Wildman–Crippen MR) is 88.0 cm³/mol. The van der Waals surface area contributed by atoms with Crippen molar-refractivity contribution in [2.24, 2.45) is 0 Å². The highest BCUT2D eigenvalue weighted by Gasteiger charge is 2.22. The smallest absolute Gasteiger partial charge is 0.161 e. The summed E-state index contributed by atoms with van der Waals surface area (Å²) in [4.78, 5) is 22.9. The molecule has 0 atom stereocenters. The Morgan fingerprint density at radius 2 is 1.96 bits per heavy atom. The Balaban J connectivity index is 2.05. The van der Waals surface area contributed by atoms with Crippen LogP contribution in [0.2, 0.25) is 0 Å². The summed E-state index contributed by atoms with van der Waals surface area (Å²) in [5, 5.41) is 0. The molecule has 1 fully saturated rings. The number of halogens is 1. The van der Waals surface area contributed by atoms with Crippen LogP contribution in [0.25, 0.3) is 11.4 Å². The summed E-state index contributed by atoms with van der Waals surface area (Å²) in [6, 6.07) is 6.33. The van der Waals surface area contributed by atoms with Gasteiger partial charge in [0.25, 0.3) is 0 Å². The number of aryl methyl sites for hydroxylation is 1. The number of anilines is 1. The van der Waals surface area contributed by atoms with E-state index in [1.54, 1.807) is 6.07 Å². The fraction of sp³-hybridized carbons (Fsp3) is 0.389. The molecular formula is C18H20FN3O. The fourth-order valence-electron chi connectivity index (χ4n) is 2.98. The second-order valence-corrected chi connectivity index (χ2v) is 5.82. The molecule has 3 rings (SSSR count). The minimum atomic E-state index is -0.298. The first-order valence-electron chi connectivity index (χ1n) is 7.98. The first kappa shape index (κ1) is 15.6. The van der Waals surface area contributed by atoms with Crippen LogP contribution in [0.3, 0.4) is 0 Å². The van der Waals surface area contributed by atoms with E-state index in [1.807, 2.05) is 13.0 Å². The van der Waals surface area contributed by atoms with Gasteiger partial charge >= 0.3 is 0 Å². The van der Waals surface area contributed by atoms with Crippen molar-refractivity contribution in [2.75, 3.05) is 18.0 Å². The molecule has 2 heterocycles. The second-order valence-electron chi connectivity index (χ2n) is 5.82. The van der Waals surface area contributed by atoms with Crippen molar-refractivity contribution in [3.63, 3.8) is 0 Å². The minimum absolute atomic E-state index is 0.298. The van der Waals surface area contributed by atoms with Crippen molar-refractivity contribution in [1.29, 1.82) is 0 Å². The maximum atomic E-state index is 13.5. The van der Waals surface area contributed by atoms with E-state index < -0.39 is 0 Å². The Hall–Kier alpha value is -2.30. The van der Waals surface area contributed by atoms with Gasteiger partial charge in [-0.25, -0.2) is 14.4 Å². The van der Waals surface area contributed by atoms with Gasteiger partial charge in [0, 0.05) is 42.8 Å². The van der Waals surface area contributed by atoms with Gasteiger partial charge in [-0.15, -0.1) is 0 Å². The van der Waals surface area contributed by atoms with Crippen molar-refractivity contribution < 1.29 is 9.18 Å². The highest BCUT2D eigenvalue weighted by Crippen LogP contribution is 2.27. The van der Waals surface area contributed by atoms with E-state index in [-0.39, 0.29) is 5.82 Å². The topological polar surface area (TPSA) is 46.1 Å². The maximum absolute atomic E-state index is 13.5. The van der Waals surface area contributed by atoms with Crippen molar-refractivity contribution in [3.05, 3.63) is 41.3 Å². The van der Waals surface area contributed by atoms with Gasteiger partial charge in [0.15, 0.2) is 5.82 Å². The van der Waals surface area contributed by atoms with Gasteiger partial charge in [-0.3, -0.25) is 4.79 Å². The number of hydrogen-bond donors (Lipinski definition) is 0. The first-order valence-corrected chi connectivity index (χ1v) is 7.98. The second kappa shape index (κ2) is 6.44. The quantitative estimate of drug-likeness (QED) is 0.872. The van der Waals surface area contributed by atoms with E-state index in [2.05, 4.69) is 16.8 Å². The van der Waals surface area contributed by atoms with Crippen molar-refractivity contribution in [2.45, 2.75) is 33.1 Å². The van der Waals surface area contributed by atoms with Crippen LogP contribution in [0, 0.1) is 12.7 Å². The zero-order valence-electron chi connectivity index (χ0n) is 13.5. The monoisotopic (exact) mass is 313 g/mol. The Morgan fingerprint density at radius 1 is 1.22 bits per heavy atom. The number of ketones is 1. The summed E-state index contributed by atoms with van der Waals surface area (Å²) in [5.41, 5.74) is 2.68. The third kappa shape index (κ3) is 3.23. The number of hydrogen-bond acceptors (Lipinski definition) is 4. The van der Waals surface area contributed by atoms with Gasteiger partial charge in [0.1, 0.15) is 17.4 Å². The maximum Gasteiger partial charge on any atom is 0.161 e. The third-order valence-corrected chi connectivity index (χ3v) is 4.25. The van der Waals surface area contributed by atoms with Gasteiger partial charge in [-0.2, -0.15) is 0 Å². The lowest BCUT2D eigenvalue weighted by molar-refractivity contribution is -0.119. The molecule has 0 N–H and O–H groups in total. The third-order valence-electron chi connectivity index (χ3n) is 4.25. The van der Waals surface area contributed by atoms with E-state index in [4.69, 9.17) is 4.98 Å². The van der Waals surface area contributed by atoms with Gasteiger partial charge in [-0.05, 0) is 25.5 Å². The Kier molecular flexibility index (Phi) is 4.37. The Labute approximate surface area is 135 Å². The number of Topliss-reactive ketones (excluding diaryl/α,β-unsaturated/α-hetero) is 1. The molecule has 0 aliphatic carbocycles. The SMILES string of the molecule is CCc1c(C)nc(-c2cccc(F)c2)nc1N1CCC(=O)CC1. The van der Waals surface area contributed by atoms with Crippen molar-refractivity contribution >= 4 is 11.6 Å². The number of aromatic nitrogens is 2. The summed E-state index contributed by atoms with van der Waals surface area (Å²) in [7, 11) is 0. The van der Waals surface area contributed by atoms with Crippen LogP contribution in [-0.4, -0.2) is 28.8 Å². The molecule has 0 radical (unpaired) electrons. The predicted octanol–water partition coefficient (Wildman–Crippen LogP) is 3.32. The Bertz CT molecular complexity index is 735. The lowest BCUT2D eigenvalue weighted by atomic mass is 10.1. The lowest BCUT2D eigenvalue weighted by Crippen LogP contribution is -2.35. The highest BCUT2D eigenvalue weighted by molar-refractivity contribution is 5.81. The van der Waals surface area contributed by atoms with Gasteiger partial charge < -0.3 is 4.90 Å². The summed E-state index contributed by atoms with van der Waals surface area (Å²) >= 11 is 0. The molecule has 0 bridgehead atoms. The van der Waals surface area contributed by atoms with E-state index in [0.29, 0.717) is 43.1 Å². The number of piperidine rings is 1. The molecule has 1 saturated heterocycles. The molecule has 23 heavy (non-hydrogen) atoms. The molecule has 0 amide bonds. The molecule has 0 saturated carbocycles. The molecule has 5 heteroatoms. The average Bonchev–Trinajstić information content (AvgIpc) is 2.55. The normalized spacial score (nSPS) is 15.1. The summed E-state index contributed by atoms with van der Waals surface area (Å²) in [6.07, 6.45) is 1.94. The standard InChI is InChI=1S/C18H20FN3O/c1-3-16-12(2)20-17(13-5-4-6-14(19)11-13)21-18(16)22-9-7-15(23)8-10-22/h4-6,11H,3,7-10H2,1-2H3.